The van der Waals surface area contributed by atoms with Crippen molar-refractivity contribution in [3.63, 3.8) is 0 Å². The van der Waals surface area contributed by atoms with Crippen molar-refractivity contribution in [3.05, 3.63) is 85.1 Å². The van der Waals surface area contributed by atoms with Crippen molar-refractivity contribution < 1.29 is 28.6 Å². The van der Waals surface area contributed by atoms with Crippen LogP contribution in [0.3, 0.4) is 0 Å². The zero-order valence-corrected chi connectivity index (χ0v) is 49.6. The molecule has 0 aromatic carbocycles. The Morgan fingerprint density at radius 1 is 0.280 bits per heavy atom. The third-order valence-corrected chi connectivity index (χ3v) is 13.9. The Kier molecular flexibility index (Phi) is 60.3. The summed E-state index contributed by atoms with van der Waals surface area (Å²) in [6.07, 6.45) is 83.0. The van der Waals surface area contributed by atoms with Crippen LogP contribution in [-0.2, 0) is 28.6 Å². The van der Waals surface area contributed by atoms with Crippen LogP contribution in [0.1, 0.15) is 316 Å². The van der Waals surface area contributed by atoms with E-state index in [0.717, 1.165) is 116 Å². The normalized spacial score (nSPS) is 12.6. The molecule has 0 heterocycles. The molecule has 0 saturated carbocycles. The number of hydrogen-bond donors (Lipinski definition) is 0. The molecule has 0 spiro atoms. The van der Waals surface area contributed by atoms with Crippen molar-refractivity contribution >= 4 is 17.9 Å². The fraction of sp³-hybridized carbons (Fsp3) is 0.754. The number of allylic oxidation sites excluding steroid dienone is 14. The molecule has 0 rings (SSSR count). The first-order chi connectivity index (χ1) is 37.0. The van der Waals surface area contributed by atoms with Gasteiger partial charge in [-0.3, -0.25) is 14.4 Å². The van der Waals surface area contributed by atoms with Crippen LogP contribution in [0, 0.1) is 0 Å². The lowest BCUT2D eigenvalue weighted by Crippen LogP contribution is -2.30. The van der Waals surface area contributed by atoms with Gasteiger partial charge in [0.05, 0.1) is 0 Å². The summed E-state index contributed by atoms with van der Waals surface area (Å²) in [6.45, 7) is 6.51. The van der Waals surface area contributed by atoms with Crippen LogP contribution in [0.4, 0.5) is 0 Å². The molecule has 0 aliphatic rings. The minimum absolute atomic E-state index is 0.0864. The van der Waals surface area contributed by atoms with Gasteiger partial charge < -0.3 is 14.2 Å². The third kappa shape index (κ3) is 61.3. The molecule has 0 bridgehead atoms. The van der Waals surface area contributed by atoms with Crippen LogP contribution >= 0.6 is 0 Å². The summed E-state index contributed by atoms with van der Waals surface area (Å²) in [6, 6.07) is 0. The van der Waals surface area contributed by atoms with Crippen molar-refractivity contribution in [2.45, 2.75) is 322 Å². The number of carbonyl (C=O) groups excluding carboxylic acids is 3. The zero-order chi connectivity index (χ0) is 54.3. The minimum Gasteiger partial charge on any atom is -0.462 e. The van der Waals surface area contributed by atoms with Crippen LogP contribution < -0.4 is 0 Å². The average Bonchev–Trinajstić information content (AvgIpc) is 3.41. The Balaban J connectivity index is 4.37. The van der Waals surface area contributed by atoms with E-state index in [1.807, 2.05) is 0 Å². The number of esters is 3. The van der Waals surface area contributed by atoms with E-state index in [0.29, 0.717) is 19.3 Å². The lowest BCUT2D eigenvalue weighted by atomic mass is 10.0. The van der Waals surface area contributed by atoms with Crippen LogP contribution in [-0.4, -0.2) is 37.2 Å². The Labute approximate surface area is 465 Å². The summed E-state index contributed by atoms with van der Waals surface area (Å²) >= 11 is 0. The highest BCUT2D eigenvalue weighted by molar-refractivity contribution is 5.71. The summed E-state index contributed by atoms with van der Waals surface area (Å²) in [7, 11) is 0. The van der Waals surface area contributed by atoms with E-state index < -0.39 is 6.10 Å². The number of rotatable bonds is 58. The van der Waals surface area contributed by atoms with Gasteiger partial charge in [0, 0.05) is 19.3 Å². The van der Waals surface area contributed by atoms with Crippen molar-refractivity contribution in [1.82, 2.24) is 0 Å². The second kappa shape index (κ2) is 63.1. The highest BCUT2D eigenvalue weighted by Gasteiger charge is 2.19. The summed E-state index contributed by atoms with van der Waals surface area (Å²) in [5, 5.41) is 0. The number of ether oxygens (including phenoxy) is 3. The zero-order valence-electron chi connectivity index (χ0n) is 49.6. The van der Waals surface area contributed by atoms with Gasteiger partial charge in [0.25, 0.3) is 0 Å². The van der Waals surface area contributed by atoms with Crippen molar-refractivity contribution in [2.75, 3.05) is 13.2 Å². The molecule has 432 valence electrons. The molecule has 0 radical (unpaired) electrons. The van der Waals surface area contributed by atoms with Gasteiger partial charge in [-0.15, -0.1) is 0 Å². The Morgan fingerprint density at radius 2 is 0.520 bits per heavy atom. The Hall–Kier alpha value is -3.41. The smallest absolute Gasteiger partial charge is 0.306 e. The van der Waals surface area contributed by atoms with Gasteiger partial charge in [-0.1, -0.05) is 266 Å². The molecule has 6 nitrogen and oxygen atoms in total. The molecule has 6 heteroatoms. The van der Waals surface area contributed by atoms with Gasteiger partial charge in [-0.2, -0.15) is 0 Å². The molecule has 0 aliphatic carbocycles. The lowest BCUT2D eigenvalue weighted by molar-refractivity contribution is -0.167. The Bertz CT molecular complexity index is 1430. The summed E-state index contributed by atoms with van der Waals surface area (Å²) < 4.78 is 16.9. The lowest BCUT2D eigenvalue weighted by Gasteiger charge is -2.18. The maximum Gasteiger partial charge on any atom is 0.306 e. The minimum atomic E-state index is -0.792. The SMILES string of the molecule is CC/C=C\C/C=C\C/C=C\C/C=C\CCCCCCCCC(=O)OC(COC(=O)CCCCCCC/C=C\C/C=C\CCCCC)COC(=O)CCCCCCCCCCCCC/C=C\CCCCCCCCCC. The fourth-order valence-electron chi connectivity index (χ4n) is 9.05. The molecule has 0 aliphatic heterocycles. The van der Waals surface area contributed by atoms with Crippen LogP contribution in [0.25, 0.3) is 0 Å². The van der Waals surface area contributed by atoms with E-state index in [9.17, 15) is 14.4 Å². The predicted octanol–water partition coefficient (Wildman–Crippen LogP) is 21.9. The first-order valence-corrected chi connectivity index (χ1v) is 32.1. The second-order valence-electron chi connectivity index (χ2n) is 21.3. The predicted molar refractivity (Wildman–Crippen MR) is 325 cm³/mol. The number of hydrogen-bond acceptors (Lipinski definition) is 6. The second-order valence-corrected chi connectivity index (χ2v) is 21.3. The van der Waals surface area contributed by atoms with E-state index in [-0.39, 0.29) is 31.1 Å². The molecule has 0 saturated heterocycles. The molecule has 0 amide bonds. The molecule has 1 unspecified atom stereocenters. The monoisotopic (exact) mass is 1040 g/mol. The number of carbonyl (C=O) groups is 3. The Morgan fingerprint density at radius 3 is 0.853 bits per heavy atom. The molecule has 1 atom stereocenters. The highest BCUT2D eigenvalue weighted by Crippen LogP contribution is 2.16. The van der Waals surface area contributed by atoms with E-state index in [2.05, 4.69) is 106 Å². The largest absolute Gasteiger partial charge is 0.462 e. The first kappa shape index (κ1) is 71.6. The first-order valence-electron chi connectivity index (χ1n) is 32.1. The van der Waals surface area contributed by atoms with Gasteiger partial charge in [0.1, 0.15) is 13.2 Å². The van der Waals surface area contributed by atoms with Crippen LogP contribution in [0.2, 0.25) is 0 Å². The van der Waals surface area contributed by atoms with Gasteiger partial charge in [0.15, 0.2) is 6.10 Å². The maximum atomic E-state index is 12.9. The standard InChI is InChI=1S/C69H120O6/c1-4-7-10-13-16-19-22-25-28-30-32-33-34-35-37-38-41-44-47-50-53-56-59-62-68(71)74-65-66(64-73-67(70)61-58-55-52-49-46-43-40-27-24-21-18-15-12-9-6-3)75-69(72)63-60-57-54-51-48-45-42-39-36-31-29-26-23-20-17-14-11-8-5-2/h8,11,17-18,20-21,26-27,29-30,32,36,39-40,66H,4-7,9-10,12-16,19,22-25,28,31,33-35,37-38,41-65H2,1-3H3/b11-8-,20-17-,21-18-,29-26-,32-30-,39-36-,40-27-. The van der Waals surface area contributed by atoms with Crippen molar-refractivity contribution in [1.29, 1.82) is 0 Å². The van der Waals surface area contributed by atoms with Crippen molar-refractivity contribution in [3.8, 4) is 0 Å². The molecule has 0 aromatic heterocycles. The summed E-state index contributed by atoms with van der Waals surface area (Å²) in [5.41, 5.74) is 0. The molecular formula is C69H120O6. The summed E-state index contributed by atoms with van der Waals surface area (Å²) in [5.74, 6) is -0.904. The molecule has 0 aromatic rings. The highest BCUT2D eigenvalue weighted by atomic mass is 16.6. The topological polar surface area (TPSA) is 78.9 Å². The van der Waals surface area contributed by atoms with Crippen LogP contribution in [0.15, 0.2) is 85.1 Å². The number of unbranched alkanes of at least 4 members (excludes halogenated alkanes) is 33. The molecule has 0 fully saturated rings. The fourth-order valence-corrected chi connectivity index (χ4v) is 9.05. The van der Waals surface area contributed by atoms with Gasteiger partial charge in [-0.25, -0.2) is 0 Å². The van der Waals surface area contributed by atoms with Gasteiger partial charge in [-0.05, 0) is 116 Å². The van der Waals surface area contributed by atoms with Crippen molar-refractivity contribution in [2.24, 2.45) is 0 Å². The molecule has 0 N–H and O–H groups in total. The van der Waals surface area contributed by atoms with E-state index in [1.54, 1.807) is 0 Å². The van der Waals surface area contributed by atoms with E-state index in [4.69, 9.17) is 14.2 Å². The molecular weight excluding hydrogens is 925 g/mol. The third-order valence-electron chi connectivity index (χ3n) is 13.9. The van der Waals surface area contributed by atoms with Gasteiger partial charge >= 0.3 is 17.9 Å². The van der Waals surface area contributed by atoms with Crippen LogP contribution in [0.5, 0.6) is 0 Å². The quantitative estimate of drug-likeness (QED) is 0.0261. The van der Waals surface area contributed by atoms with E-state index >= 15 is 0 Å². The van der Waals surface area contributed by atoms with E-state index in [1.165, 1.54) is 161 Å². The summed E-state index contributed by atoms with van der Waals surface area (Å²) in [4.78, 5) is 38.3. The maximum absolute atomic E-state index is 12.9. The average molecular weight is 1050 g/mol. The van der Waals surface area contributed by atoms with Gasteiger partial charge in [0.2, 0.25) is 0 Å². The molecule has 75 heavy (non-hydrogen) atoms.